The summed E-state index contributed by atoms with van der Waals surface area (Å²) in [7, 11) is 0. The number of amides is 2. The van der Waals surface area contributed by atoms with Gasteiger partial charge in [-0.05, 0) is 65.7 Å². The monoisotopic (exact) mass is 424 g/mol. The van der Waals surface area contributed by atoms with Crippen molar-refractivity contribution in [1.29, 1.82) is 0 Å². The molecule has 0 saturated heterocycles. The van der Waals surface area contributed by atoms with E-state index in [1.54, 1.807) is 23.5 Å². The van der Waals surface area contributed by atoms with Crippen LogP contribution in [0.3, 0.4) is 0 Å². The molecule has 0 bridgehead atoms. The third-order valence-electron chi connectivity index (χ3n) is 5.21. The predicted octanol–water partition coefficient (Wildman–Crippen LogP) is 5.09. The highest BCUT2D eigenvalue weighted by Gasteiger charge is 2.24. The summed E-state index contributed by atoms with van der Waals surface area (Å²) in [5.41, 5.74) is 4.21. The second-order valence-electron chi connectivity index (χ2n) is 7.18. The first-order chi connectivity index (χ1) is 14.0. The smallest absolute Gasteiger partial charge is 0.254 e. The molecular formula is C23H21ClN2O2S. The van der Waals surface area contributed by atoms with Gasteiger partial charge in [-0.1, -0.05) is 29.8 Å². The van der Waals surface area contributed by atoms with Crippen LogP contribution in [0.25, 0.3) is 0 Å². The van der Waals surface area contributed by atoms with E-state index in [0.29, 0.717) is 22.8 Å². The van der Waals surface area contributed by atoms with Gasteiger partial charge in [-0.25, -0.2) is 0 Å². The fourth-order valence-electron chi connectivity index (χ4n) is 3.58. The third kappa shape index (κ3) is 4.36. The lowest BCUT2D eigenvalue weighted by molar-refractivity contribution is -0.115. The van der Waals surface area contributed by atoms with Crippen molar-refractivity contribution in [3.05, 3.63) is 86.1 Å². The Morgan fingerprint density at radius 3 is 2.72 bits per heavy atom. The number of halogens is 1. The summed E-state index contributed by atoms with van der Waals surface area (Å²) in [5.74, 6) is -0.117. The van der Waals surface area contributed by atoms with Gasteiger partial charge in [-0.3, -0.25) is 9.59 Å². The van der Waals surface area contributed by atoms with Crippen LogP contribution in [0.4, 0.5) is 5.69 Å². The van der Waals surface area contributed by atoms with Gasteiger partial charge in [0.05, 0.1) is 6.42 Å². The van der Waals surface area contributed by atoms with Crippen LogP contribution in [-0.2, 0) is 24.2 Å². The number of hydrogen-bond acceptors (Lipinski definition) is 3. The lowest BCUT2D eigenvalue weighted by atomic mass is 10.0. The average molecular weight is 425 g/mol. The van der Waals surface area contributed by atoms with E-state index in [2.05, 4.69) is 16.8 Å². The van der Waals surface area contributed by atoms with Crippen LogP contribution < -0.4 is 5.32 Å². The fourth-order valence-corrected chi connectivity index (χ4v) is 4.59. The van der Waals surface area contributed by atoms with E-state index in [-0.39, 0.29) is 18.2 Å². The Morgan fingerprint density at radius 1 is 1.14 bits per heavy atom. The molecule has 2 amide bonds. The Morgan fingerprint density at radius 2 is 1.93 bits per heavy atom. The zero-order valence-corrected chi connectivity index (χ0v) is 17.6. The maximum atomic E-state index is 13.1. The summed E-state index contributed by atoms with van der Waals surface area (Å²) in [6.45, 7) is 3.24. The molecule has 0 radical (unpaired) electrons. The van der Waals surface area contributed by atoms with Crippen LogP contribution in [0.15, 0.2) is 53.9 Å². The van der Waals surface area contributed by atoms with Crippen LogP contribution in [0, 0.1) is 6.92 Å². The largest absolute Gasteiger partial charge is 0.334 e. The molecule has 29 heavy (non-hydrogen) atoms. The van der Waals surface area contributed by atoms with Gasteiger partial charge in [0, 0.05) is 34.2 Å². The number of carbonyl (C=O) groups is 2. The molecule has 3 aromatic rings. The third-order valence-corrected chi connectivity index (χ3v) is 6.49. The minimum atomic E-state index is -0.124. The van der Waals surface area contributed by atoms with Crippen molar-refractivity contribution < 1.29 is 9.59 Å². The van der Waals surface area contributed by atoms with Crippen molar-refractivity contribution >= 4 is 40.4 Å². The first-order valence-electron chi connectivity index (χ1n) is 9.49. The molecule has 1 aliphatic heterocycles. The molecule has 1 aliphatic rings. The molecule has 0 unspecified atom stereocenters. The second kappa shape index (κ2) is 8.39. The van der Waals surface area contributed by atoms with E-state index >= 15 is 0 Å². The topological polar surface area (TPSA) is 49.4 Å². The molecule has 4 rings (SSSR count). The quantitative estimate of drug-likeness (QED) is 0.634. The van der Waals surface area contributed by atoms with Crippen molar-refractivity contribution in [3.63, 3.8) is 0 Å². The molecular weight excluding hydrogens is 404 g/mol. The Labute approximate surface area is 179 Å². The van der Waals surface area contributed by atoms with Crippen LogP contribution in [0.2, 0.25) is 5.02 Å². The van der Waals surface area contributed by atoms with E-state index in [1.807, 2.05) is 42.2 Å². The highest BCUT2D eigenvalue weighted by Crippen LogP contribution is 2.27. The number of hydrogen-bond donors (Lipinski definition) is 1. The Hall–Kier alpha value is -2.63. The molecule has 2 heterocycles. The normalized spacial score (nSPS) is 13.1. The van der Waals surface area contributed by atoms with Gasteiger partial charge < -0.3 is 10.2 Å². The number of benzene rings is 2. The zero-order chi connectivity index (χ0) is 20.4. The highest BCUT2D eigenvalue weighted by atomic mass is 35.5. The lowest BCUT2D eigenvalue weighted by Crippen LogP contribution is -2.35. The maximum Gasteiger partial charge on any atom is 0.254 e. The minimum Gasteiger partial charge on any atom is -0.334 e. The second-order valence-corrected chi connectivity index (χ2v) is 8.61. The van der Waals surface area contributed by atoms with Crippen molar-refractivity contribution in [2.75, 3.05) is 11.9 Å². The Bertz CT molecular complexity index is 1060. The number of carbonyl (C=O) groups excluding carboxylic acids is 2. The molecule has 0 saturated carbocycles. The van der Waals surface area contributed by atoms with Crippen molar-refractivity contribution in [1.82, 2.24) is 4.90 Å². The van der Waals surface area contributed by atoms with Gasteiger partial charge in [0.25, 0.3) is 5.91 Å². The SMILES string of the molecule is Cc1c(NC(=O)Cc2ccc(Cl)cc2)cccc1C(=O)N1CCc2sccc2C1. The standard InChI is InChI=1S/C23H21ClN2O2S/c1-15-19(23(28)26-11-9-21-17(14-26)10-12-29-21)3-2-4-20(15)25-22(27)13-16-5-7-18(24)8-6-16/h2-8,10,12H,9,11,13-14H2,1H3,(H,25,27). The van der Waals surface area contributed by atoms with E-state index in [4.69, 9.17) is 11.6 Å². The average Bonchev–Trinajstić information content (AvgIpc) is 3.18. The van der Waals surface area contributed by atoms with Gasteiger partial charge in [0.15, 0.2) is 0 Å². The van der Waals surface area contributed by atoms with Crippen LogP contribution in [0.1, 0.15) is 31.9 Å². The Kier molecular flexibility index (Phi) is 5.69. The number of anilines is 1. The zero-order valence-electron chi connectivity index (χ0n) is 16.1. The summed E-state index contributed by atoms with van der Waals surface area (Å²) >= 11 is 7.65. The number of thiophene rings is 1. The van der Waals surface area contributed by atoms with Crippen LogP contribution in [0.5, 0.6) is 0 Å². The molecule has 0 spiro atoms. The number of rotatable bonds is 4. The summed E-state index contributed by atoms with van der Waals surface area (Å²) in [6.07, 6.45) is 1.15. The minimum absolute atomic E-state index is 0.00755. The predicted molar refractivity (Wildman–Crippen MR) is 118 cm³/mol. The van der Waals surface area contributed by atoms with Crippen LogP contribution in [-0.4, -0.2) is 23.3 Å². The van der Waals surface area contributed by atoms with Gasteiger partial charge in [0.1, 0.15) is 0 Å². The molecule has 1 aromatic heterocycles. The highest BCUT2D eigenvalue weighted by molar-refractivity contribution is 7.10. The van der Waals surface area contributed by atoms with Gasteiger partial charge in [-0.2, -0.15) is 0 Å². The van der Waals surface area contributed by atoms with Gasteiger partial charge in [-0.15, -0.1) is 11.3 Å². The molecule has 4 nitrogen and oxygen atoms in total. The van der Waals surface area contributed by atoms with Gasteiger partial charge >= 0.3 is 0 Å². The first kappa shape index (κ1) is 19.7. The molecule has 148 valence electrons. The van der Waals surface area contributed by atoms with E-state index in [9.17, 15) is 9.59 Å². The maximum absolute atomic E-state index is 13.1. The molecule has 0 fully saturated rings. The molecule has 6 heteroatoms. The van der Waals surface area contributed by atoms with E-state index in [1.165, 1.54) is 10.4 Å². The van der Waals surface area contributed by atoms with E-state index in [0.717, 1.165) is 24.1 Å². The number of nitrogens with one attached hydrogen (secondary N) is 1. The Balaban J connectivity index is 1.47. The van der Waals surface area contributed by atoms with Crippen molar-refractivity contribution in [2.45, 2.75) is 26.3 Å². The first-order valence-corrected chi connectivity index (χ1v) is 10.8. The fraction of sp³-hybridized carbons (Fsp3) is 0.217. The number of nitrogens with zero attached hydrogens (tertiary/aromatic N) is 1. The molecule has 1 N–H and O–H groups in total. The summed E-state index contributed by atoms with van der Waals surface area (Å²) in [6, 6.07) is 14.8. The lowest BCUT2D eigenvalue weighted by Gasteiger charge is -2.28. The van der Waals surface area contributed by atoms with Gasteiger partial charge in [0.2, 0.25) is 5.91 Å². The summed E-state index contributed by atoms with van der Waals surface area (Å²) < 4.78 is 0. The molecule has 0 aliphatic carbocycles. The van der Waals surface area contributed by atoms with Crippen LogP contribution >= 0.6 is 22.9 Å². The molecule has 0 atom stereocenters. The molecule has 2 aromatic carbocycles. The van der Waals surface area contributed by atoms with E-state index < -0.39 is 0 Å². The van der Waals surface area contributed by atoms with Crippen molar-refractivity contribution in [2.24, 2.45) is 0 Å². The number of fused-ring (bicyclic) bond motifs is 1. The van der Waals surface area contributed by atoms with Crippen molar-refractivity contribution in [3.8, 4) is 0 Å². The summed E-state index contributed by atoms with van der Waals surface area (Å²) in [5, 5.41) is 5.67. The summed E-state index contributed by atoms with van der Waals surface area (Å²) in [4.78, 5) is 28.8.